The van der Waals surface area contributed by atoms with Crippen molar-refractivity contribution < 1.29 is 4.79 Å². The largest absolute Gasteiger partial charge is 0.341 e. The molecule has 1 N–H and O–H groups in total. The minimum atomic E-state index is 0.397. The topological polar surface area (TPSA) is 35.6 Å². The van der Waals surface area contributed by atoms with E-state index in [0.717, 1.165) is 39.0 Å². The van der Waals surface area contributed by atoms with Crippen molar-refractivity contribution in [1.82, 2.24) is 15.1 Å². The van der Waals surface area contributed by atoms with Crippen LogP contribution < -0.4 is 5.32 Å². The van der Waals surface area contributed by atoms with Crippen LogP contribution in [0.15, 0.2) is 0 Å². The summed E-state index contributed by atoms with van der Waals surface area (Å²) in [6, 6.07) is 1.32. The van der Waals surface area contributed by atoms with E-state index in [0.29, 0.717) is 29.8 Å². The molecule has 120 valence electrons. The SMILES string of the molecule is CC(CC(=O)N1CCC2CCC(C1)N2C)C1CCCNC1. The number of fused-ring (bicyclic) bond motifs is 2. The summed E-state index contributed by atoms with van der Waals surface area (Å²) in [7, 11) is 2.24. The van der Waals surface area contributed by atoms with Crippen LogP contribution in [0.25, 0.3) is 0 Å². The highest BCUT2D eigenvalue weighted by atomic mass is 16.2. The van der Waals surface area contributed by atoms with E-state index in [1.807, 2.05) is 0 Å². The number of hydrogen-bond acceptors (Lipinski definition) is 3. The number of nitrogens with one attached hydrogen (secondary N) is 1. The zero-order valence-corrected chi connectivity index (χ0v) is 13.7. The van der Waals surface area contributed by atoms with E-state index in [9.17, 15) is 4.79 Å². The zero-order valence-electron chi connectivity index (χ0n) is 13.7. The van der Waals surface area contributed by atoms with Gasteiger partial charge in [0, 0.05) is 31.6 Å². The van der Waals surface area contributed by atoms with Crippen molar-refractivity contribution in [2.45, 2.75) is 57.5 Å². The van der Waals surface area contributed by atoms with E-state index in [4.69, 9.17) is 0 Å². The maximum Gasteiger partial charge on any atom is 0.222 e. The van der Waals surface area contributed by atoms with Crippen LogP contribution in [0.1, 0.15) is 45.4 Å². The van der Waals surface area contributed by atoms with Gasteiger partial charge in [0.15, 0.2) is 0 Å². The first-order chi connectivity index (χ1) is 10.1. The van der Waals surface area contributed by atoms with Crippen LogP contribution in [0.2, 0.25) is 0 Å². The van der Waals surface area contributed by atoms with E-state index < -0.39 is 0 Å². The Labute approximate surface area is 129 Å². The molecular formula is C17H31N3O. The van der Waals surface area contributed by atoms with Crippen molar-refractivity contribution >= 4 is 5.91 Å². The number of likely N-dealkylation sites (N-methyl/N-ethyl adjacent to an activating group) is 1. The number of amides is 1. The van der Waals surface area contributed by atoms with Crippen molar-refractivity contribution in [1.29, 1.82) is 0 Å². The number of nitrogens with zero attached hydrogens (tertiary/aromatic N) is 2. The number of likely N-dealkylation sites (tertiary alicyclic amines) is 1. The van der Waals surface area contributed by atoms with Crippen LogP contribution in [-0.4, -0.2) is 61.0 Å². The molecule has 0 aromatic rings. The van der Waals surface area contributed by atoms with E-state index in [-0.39, 0.29) is 0 Å². The van der Waals surface area contributed by atoms with Gasteiger partial charge in [-0.3, -0.25) is 9.69 Å². The summed E-state index contributed by atoms with van der Waals surface area (Å²) in [6.45, 7) is 6.45. The van der Waals surface area contributed by atoms with Gasteiger partial charge in [-0.25, -0.2) is 0 Å². The lowest BCUT2D eigenvalue weighted by Gasteiger charge is -2.31. The first-order valence-electron chi connectivity index (χ1n) is 8.85. The van der Waals surface area contributed by atoms with E-state index in [1.54, 1.807) is 0 Å². The standard InChI is InChI=1S/C17H31N3O/c1-13(14-4-3-8-18-11-14)10-17(21)20-9-7-15-5-6-16(12-20)19(15)2/h13-16,18H,3-12H2,1-2H3. The molecule has 3 aliphatic heterocycles. The average molecular weight is 293 g/mol. The first-order valence-corrected chi connectivity index (χ1v) is 8.85. The fraction of sp³-hybridized carbons (Fsp3) is 0.941. The first kappa shape index (κ1) is 15.3. The Morgan fingerprint density at radius 2 is 2.05 bits per heavy atom. The third kappa shape index (κ3) is 3.42. The van der Waals surface area contributed by atoms with Gasteiger partial charge in [-0.15, -0.1) is 0 Å². The predicted octanol–water partition coefficient (Wildman–Crippen LogP) is 1.71. The molecule has 3 heterocycles. The Kier molecular flexibility index (Phi) is 4.85. The van der Waals surface area contributed by atoms with Crippen molar-refractivity contribution in [3.05, 3.63) is 0 Å². The number of carbonyl (C=O) groups is 1. The van der Waals surface area contributed by atoms with E-state index in [1.165, 1.54) is 25.7 Å². The Morgan fingerprint density at radius 3 is 2.81 bits per heavy atom. The molecule has 0 saturated carbocycles. The van der Waals surface area contributed by atoms with Gasteiger partial charge in [0.25, 0.3) is 0 Å². The molecular weight excluding hydrogens is 262 g/mol. The smallest absolute Gasteiger partial charge is 0.222 e. The lowest BCUT2D eigenvalue weighted by atomic mass is 9.85. The van der Waals surface area contributed by atoms with Gasteiger partial charge in [0.2, 0.25) is 5.91 Å². The number of piperidine rings is 1. The molecule has 3 aliphatic rings. The lowest BCUT2D eigenvalue weighted by Crippen LogP contribution is -2.41. The van der Waals surface area contributed by atoms with Crippen LogP contribution >= 0.6 is 0 Å². The minimum Gasteiger partial charge on any atom is -0.341 e. The fourth-order valence-corrected chi connectivity index (χ4v) is 4.47. The van der Waals surface area contributed by atoms with Gasteiger partial charge in [0.05, 0.1) is 0 Å². The van der Waals surface area contributed by atoms with Crippen molar-refractivity contribution in [3.63, 3.8) is 0 Å². The second kappa shape index (κ2) is 6.66. The molecule has 0 radical (unpaired) electrons. The highest BCUT2D eigenvalue weighted by Gasteiger charge is 2.36. The van der Waals surface area contributed by atoms with Crippen LogP contribution in [0, 0.1) is 11.8 Å². The van der Waals surface area contributed by atoms with Crippen molar-refractivity contribution in [3.8, 4) is 0 Å². The molecule has 0 spiro atoms. The summed E-state index contributed by atoms with van der Waals surface area (Å²) < 4.78 is 0. The average Bonchev–Trinajstić information content (AvgIpc) is 2.72. The number of hydrogen-bond donors (Lipinski definition) is 1. The Balaban J connectivity index is 1.53. The third-order valence-electron chi connectivity index (χ3n) is 6.14. The molecule has 3 rings (SSSR count). The molecule has 3 saturated heterocycles. The summed E-state index contributed by atoms with van der Waals surface area (Å²) in [5.41, 5.74) is 0. The summed E-state index contributed by atoms with van der Waals surface area (Å²) in [5.74, 6) is 1.60. The quantitative estimate of drug-likeness (QED) is 0.860. The fourth-order valence-electron chi connectivity index (χ4n) is 4.47. The molecule has 4 unspecified atom stereocenters. The van der Waals surface area contributed by atoms with Gasteiger partial charge < -0.3 is 10.2 Å². The summed E-state index contributed by atoms with van der Waals surface area (Å²) in [5, 5.41) is 3.47. The Bertz CT molecular complexity index is 367. The monoisotopic (exact) mass is 293 g/mol. The van der Waals surface area contributed by atoms with Gasteiger partial charge in [0.1, 0.15) is 0 Å². The molecule has 4 heteroatoms. The molecule has 4 atom stereocenters. The summed E-state index contributed by atoms with van der Waals surface area (Å²) in [6.07, 6.45) is 7.06. The molecule has 1 amide bonds. The number of rotatable bonds is 3. The molecule has 2 bridgehead atoms. The molecule has 0 aliphatic carbocycles. The highest BCUT2D eigenvalue weighted by molar-refractivity contribution is 5.76. The molecule has 0 aromatic heterocycles. The Morgan fingerprint density at radius 1 is 1.24 bits per heavy atom. The number of carbonyl (C=O) groups excluding carboxylic acids is 1. The second-order valence-electron chi connectivity index (χ2n) is 7.47. The normalized spacial score (nSPS) is 35.5. The van der Waals surface area contributed by atoms with Crippen LogP contribution in [-0.2, 0) is 4.79 Å². The van der Waals surface area contributed by atoms with Crippen LogP contribution in [0.4, 0.5) is 0 Å². The minimum absolute atomic E-state index is 0.397. The summed E-state index contributed by atoms with van der Waals surface area (Å²) in [4.78, 5) is 17.3. The van der Waals surface area contributed by atoms with Gasteiger partial charge >= 0.3 is 0 Å². The van der Waals surface area contributed by atoms with Crippen LogP contribution in [0.5, 0.6) is 0 Å². The third-order valence-corrected chi connectivity index (χ3v) is 6.14. The second-order valence-corrected chi connectivity index (χ2v) is 7.47. The van der Waals surface area contributed by atoms with E-state index >= 15 is 0 Å². The maximum absolute atomic E-state index is 12.7. The maximum atomic E-state index is 12.7. The van der Waals surface area contributed by atoms with Crippen molar-refractivity contribution in [2.24, 2.45) is 11.8 Å². The van der Waals surface area contributed by atoms with Gasteiger partial charge in [-0.05, 0) is 64.1 Å². The summed E-state index contributed by atoms with van der Waals surface area (Å²) >= 11 is 0. The molecule has 3 fully saturated rings. The molecule has 21 heavy (non-hydrogen) atoms. The van der Waals surface area contributed by atoms with E-state index in [2.05, 4.69) is 29.1 Å². The molecule has 4 nitrogen and oxygen atoms in total. The van der Waals surface area contributed by atoms with Gasteiger partial charge in [-0.1, -0.05) is 6.92 Å². The Hall–Kier alpha value is -0.610. The zero-order chi connectivity index (χ0) is 14.8. The van der Waals surface area contributed by atoms with Gasteiger partial charge in [-0.2, -0.15) is 0 Å². The highest BCUT2D eigenvalue weighted by Crippen LogP contribution is 2.29. The predicted molar refractivity (Wildman–Crippen MR) is 85.1 cm³/mol. The van der Waals surface area contributed by atoms with Crippen molar-refractivity contribution in [2.75, 3.05) is 33.2 Å². The lowest BCUT2D eigenvalue weighted by molar-refractivity contribution is -0.132. The molecule has 0 aromatic carbocycles. The van der Waals surface area contributed by atoms with Crippen LogP contribution in [0.3, 0.4) is 0 Å².